The number of fused-ring (bicyclic) bond motifs is 1. The molecule has 2 aromatic rings. The summed E-state index contributed by atoms with van der Waals surface area (Å²) in [6.07, 6.45) is 0. The average Bonchev–Trinajstić information content (AvgIpc) is 2.95. The maximum Gasteiger partial charge on any atom is 0.491 e. The number of hydrogen-bond donors (Lipinski definition) is 4. The molecule has 1 aliphatic heterocycles. The van der Waals surface area contributed by atoms with Crippen LogP contribution in [0, 0.1) is 0 Å². The summed E-state index contributed by atoms with van der Waals surface area (Å²) in [5, 5.41) is 30.4. The Balaban J connectivity index is 1.94. The van der Waals surface area contributed by atoms with E-state index < -0.39 is 29.5 Å². The number of nitrogens with one attached hydrogen (secondary N) is 1. The number of amides is 1. The predicted molar refractivity (Wildman–Crippen MR) is 93.5 cm³/mol. The van der Waals surface area contributed by atoms with Crippen molar-refractivity contribution in [3.05, 3.63) is 47.5 Å². The van der Waals surface area contributed by atoms with E-state index in [1.165, 1.54) is 12.1 Å². The minimum Gasteiger partial charge on any atom is -0.508 e. The highest BCUT2D eigenvalue weighted by atomic mass is 32.2. The number of aliphatic hydroxyl groups is 1. The van der Waals surface area contributed by atoms with E-state index in [1.54, 1.807) is 18.2 Å². The Morgan fingerprint density at radius 3 is 2.73 bits per heavy atom. The second-order valence-electron chi connectivity index (χ2n) is 5.84. The van der Waals surface area contributed by atoms with Crippen molar-refractivity contribution < 1.29 is 33.1 Å². The molecule has 1 amide bonds. The van der Waals surface area contributed by atoms with Gasteiger partial charge >= 0.3 is 7.12 Å². The van der Waals surface area contributed by atoms with Crippen LogP contribution >= 0.6 is 0 Å². The summed E-state index contributed by atoms with van der Waals surface area (Å²) in [5.41, 5.74) is 1.64. The highest BCUT2D eigenvalue weighted by Gasteiger charge is 2.28. The second kappa shape index (κ2) is 7.08. The molecule has 0 spiro atoms. The summed E-state index contributed by atoms with van der Waals surface area (Å²) in [5.74, 6) is -1.40. The number of carbonyl (C=O) groups is 1. The fraction of sp³-hybridized carbons (Fsp3) is 0.188. The maximum atomic E-state index is 12.8. The molecule has 4 N–H and O–H groups in total. The van der Waals surface area contributed by atoms with Crippen LogP contribution in [0.15, 0.2) is 41.3 Å². The van der Waals surface area contributed by atoms with Crippen molar-refractivity contribution in [2.24, 2.45) is 0 Å². The van der Waals surface area contributed by atoms with Crippen LogP contribution in [0.1, 0.15) is 11.1 Å². The van der Waals surface area contributed by atoms with Gasteiger partial charge in [0.25, 0.3) is 0 Å². The summed E-state index contributed by atoms with van der Waals surface area (Å²) < 4.78 is 30.7. The standard InChI is InChI=1S/C16H16BNO7S/c19-7-16(21)18-14-6-12(20)3-4-15(14)26(23,24)9-10-1-2-11-8-25-17(22)13(11)5-10/h1-6,19-20,22H,7-9H2,(H,18,21). The first-order chi connectivity index (χ1) is 12.3. The van der Waals surface area contributed by atoms with E-state index in [1.807, 2.05) is 0 Å². The molecule has 0 aromatic heterocycles. The number of sulfone groups is 1. The normalized spacial score (nSPS) is 13.5. The number of carbonyl (C=O) groups excluding carboxylic acids is 1. The molecule has 0 aliphatic carbocycles. The quantitative estimate of drug-likeness (QED) is 0.517. The van der Waals surface area contributed by atoms with Crippen molar-refractivity contribution >= 4 is 34.0 Å². The van der Waals surface area contributed by atoms with Crippen molar-refractivity contribution in [3.63, 3.8) is 0 Å². The Kier molecular flexibility index (Phi) is 5.01. The van der Waals surface area contributed by atoms with Crippen LogP contribution in [0.5, 0.6) is 5.75 Å². The molecule has 0 saturated heterocycles. The SMILES string of the molecule is O=C(CO)Nc1cc(O)ccc1S(=O)(=O)Cc1ccc2c(c1)B(O)OC2. The van der Waals surface area contributed by atoms with Crippen LogP contribution in [-0.2, 0) is 31.6 Å². The van der Waals surface area contributed by atoms with E-state index in [0.717, 1.165) is 11.6 Å². The van der Waals surface area contributed by atoms with E-state index in [9.17, 15) is 23.3 Å². The molecule has 3 rings (SSSR count). The van der Waals surface area contributed by atoms with Gasteiger partial charge in [-0.2, -0.15) is 0 Å². The number of hydrogen-bond acceptors (Lipinski definition) is 7. The molecule has 0 unspecified atom stereocenters. The van der Waals surface area contributed by atoms with Crippen molar-refractivity contribution in [3.8, 4) is 5.75 Å². The third-order valence-corrected chi connectivity index (χ3v) is 5.69. The summed E-state index contributed by atoms with van der Waals surface area (Å²) >= 11 is 0. The molecule has 0 bridgehead atoms. The van der Waals surface area contributed by atoms with E-state index in [2.05, 4.69) is 5.32 Å². The van der Waals surface area contributed by atoms with Gasteiger partial charge in [0.15, 0.2) is 9.84 Å². The Bertz CT molecular complexity index is 961. The predicted octanol–water partition coefficient (Wildman–Crippen LogP) is -0.485. The van der Waals surface area contributed by atoms with Gasteiger partial charge in [-0.25, -0.2) is 8.42 Å². The molecule has 0 fully saturated rings. The minimum absolute atomic E-state index is 0.117. The number of rotatable bonds is 5. The molecule has 0 atom stereocenters. The van der Waals surface area contributed by atoms with Gasteiger partial charge in [-0.15, -0.1) is 0 Å². The van der Waals surface area contributed by atoms with Crippen molar-refractivity contribution in [1.82, 2.24) is 0 Å². The van der Waals surface area contributed by atoms with E-state index in [-0.39, 0.29) is 28.7 Å². The number of aliphatic hydroxyl groups excluding tert-OH is 1. The van der Waals surface area contributed by atoms with Crippen molar-refractivity contribution in [2.45, 2.75) is 17.3 Å². The molecule has 1 heterocycles. The molecule has 136 valence electrons. The van der Waals surface area contributed by atoms with Gasteiger partial charge in [-0.3, -0.25) is 4.79 Å². The monoisotopic (exact) mass is 377 g/mol. The van der Waals surface area contributed by atoms with Crippen LogP contribution in [0.3, 0.4) is 0 Å². The smallest absolute Gasteiger partial charge is 0.491 e. The first-order valence-corrected chi connectivity index (χ1v) is 9.33. The lowest BCUT2D eigenvalue weighted by Crippen LogP contribution is -2.28. The lowest BCUT2D eigenvalue weighted by atomic mass is 9.79. The van der Waals surface area contributed by atoms with E-state index in [0.29, 0.717) is 11.0 Å². The minimum atomic E-state index is -3.88. The Labute approximate surface area is 150 Å². The zero-order chi connectivity index (χ0) is 18.9. The second-order valence-corrected chi connectivity index (χ2v) is 7.80. The zero-order valence-corrected chi connectivity index (χ0v) is 14.4. The van der Waals surface area contributed by atoms with Gasteiger partial charge in [-0.05, 0) is 28.7 Å². The molecule has 2 aromatic carbocycles. The Morgan fingerprint density at radius 1 is 1.23 bits per heavy atom. The molecule has 10 heteroatoms. The molecular weight excluding hydrogens is 361 g/mol. The number of anilines is 1. The molecular formula is C16H16BNO7S. The number of aromatic hydroxyl groups is 1. The van der Waals surface area contributed by atoms with Gasteiger partial charge in [-0.1, -0.05) is 18.2 Å². The first-order valence-electron chi connectivity index (χ1n) is 7.68. The third-order valence-electron chi connectivity index (χ3n) is 3.95. The highest BCUT2D eigenvalue weighted by Crippen LogP contribution is 2.28. The van der Waals surface area contributed by atoms with Gasteiger partial charge in [0, 0.05) is 6.07 Å². The lowest BCUT2D eigenvalue weighted by Gasteiger charge is -2.12. The Morgan fingerprint density at radius 2 is 2.00 bits per heavy atom. The van der Waals surface area contributed by atoms with Crippen LogP contribution in [0.25, 0.3) is 0 Å². The Hall–Kier alpha value is -2.40. The van der Waals surface area contributed by atoms with Gasteiger partial charge in [0.1, 0.15) is 12.4 Å². The largest absolute Gasteiger partial charge is 0.508 e. The molecule has 0 saturated carbocycles. The fourth-order valence-corrected chi connectivity index (χ4v) is 4.22. The van der Waals surface area contributed by atoms with Crippen LogP contribution < -0.4 is 10.8 Å². The molecule has 8 nitrogen and oxygen atoms in total. The van der Waals surface area contributed by atoms with Crippen LogP contribution in [-0.4, -0.2) is 43.3 Å². The zero-order valence-electron chi connectivity index (χ0n) is 13.5. The van der Waals surface area contributed by atoms with Crippen molar-refractivity contribution in [1.29, 1.82) is 0 Å². The van der Waals surface area contributed by atoms with E-state index in [4.69, 9.17) is 9.76 Å². The number of benzene rings is 2. The van der Waals surface area contributed by atoms with Crippen molar-refractivity contribution in [2.75, 3.05) is 11.9 Å². The summed E-state index contributed by atoms with van der Waals surface area (Å²) in [4.78, 5) is 11.2. The lowest BCUT2D eigenvalue weighted by molar-refractivity contribution is -0.118. The maximum absolute atomic E-state index is 12.8. The summed E-state index contributed by atoms with van der Waals surface area (Å²) in [6, 6.07) is 8.37. The van der Waals surface area contributed by atoms with Gasteiger partial charge in [0.2, 0.25) is 5.91 Å². The van der Waals surface area contributed by atoms with E-state index >= 15 is 0 Å². The molecule has 26 heavy (non-hydrogen) atoms. The number of phenolic OH excluding ortho intramolecular Hbond substituents is 1. The highest BCUT2D eigenvalue weighted by molar-refractivity contribution is 7.90. The summed E-state index contributed by atoms with van der Waals surface area (Å²) in [6.45, 7) is -0.559. The topological polar surface area (TPSA) is 133 Å². The first kappa shape index (κ1) is 18.4. The molecule has 1 aliphatic rings. The summed E-state index contributed by atoms with van der Waals surface area (Å²) in [7, 11) is -4.96. The van der Waals surface area contributed by atoms with Crippen LogP contribution in [0.4, 0.5) is 5.69 Å². The third kappa shape index (κ3) is 3.73. The van der Waals surface area contributed by atoms with Gasteiger partial charge in [0.05, 0.1) is 22.9 Å². The van der Waals surface area contributed by atoms with Gasteiger partial charge < -0.3 is 25.2 Å². The molecule has 0 radical (unpaired) electrons. The van der Waals surface area contributed by atoms with Crippen LogP contribution in [0.2, 0.25) is 0 Å². The fourth-order valence-electron chi connectivity index (χ4n) is 2.73. The number of phenols is 1. The average molecular weight is 377 g/mol.